The summed E-state index contributed by atoms with van der Waals surface area (Å²) in [6.07, 6.45) is 4.05. The van der Waals surface area contributed by atoms with Gasteiger partial charge in [0, 0.05) is 23.7 Å². The van der Waals surface area contributed by atoms with Crippen LogP contribution in [-0.2, 0) is 0 Å². The molecular weight excluding hydrogens is 240 g/mol. The molecule has 0 unspecified atom stereocenters. The van der Waals surface area contributed by atoms with E-state index in [1.54, 1.807) is 6.20 Å². The predicted octanol–water partition coefficient (Wildman–Crippen LogP) is 2.13. The third-order valence-electron chi connectivity index (χ3n) is 3.53. The molecule has 0 spiro atoms. The van der Waals surface area contributed by atoms with Gasteiger partial charge in [-0.05, 0) is 18.9 Å². The van der Waals surface area contributed by atoms with Gasteiger partial charge in [0.25, 0.3) is 0 Å². The van der Waals surface area contributed by atoms with E-state index >= 15 is 0 Å². The third-order valence-corrected chi connectivity index (χ3v) is 3.53. The van der Waals surface area contributed by atoms with Crippen molar-refractivity contribution in [3.63, 3.8) is 0 Å². The van der Waals surface area contributed by atoms with Gasteiger partial charge in [-0.2, -0.15) is 5.10 Å². The molecule has 3 rings (SSSR count). The minimum atomic E-state index is 0.614. The fourth-order valence-corrected chi connectivity index (χ4v) is 2.44. The smallest absolute Gasteiger partial charge is 0.144 e. The van der Waals surface area contributed by atoms with Crippen molar-refractivity contribution in [1.82, 2.24) is 15.1 Å². The molecule has 19 heavy (non-hydrogen) atoms. The van der Waals surface area contributed by atoms with Crippen LogP contribution in [0.3, 0.4) is 0 Å². The van der Waals surface area contributed by atoms with Gasteiger partial charge in [0.2, 0.25) is 0 Å². The van der Waals surface area contributed by atoms with E-state index < -0.39 is 0 Å². The van der Waals surface area contributed by atoms with E-state index in [2.05, 4.69) is 21.7 Å². The van der Waals surface area contributed by atoms with E-state index in [0.717, 1.165) is 30.4 Å². The number of likely N-dealkylation sites (tertiary alicyclic amines) is 1. The number of anilines is 1. The van der Waals surface area contributed by atoms with Crippen LogP contribution in [0.2, 0.25) is 0 Å². The molecule has 0 aliphatic carbocycles. The molecule has 1 aromatic carbocycles. The first-order chi connectivity index (χ1) is 9.24. The van der Waals surface area contributed by atoms with Crippen molar-refractivity contribution in [2.45, 2.75) is 12.8 Å². The molecular formula is C14H18N4O. The Hall–Kier alpha value is -2.17. The number of nitrogen functional groups attached to an aromatic ring is 1. The lowest BCUT2D eigenvalue weighted by Crippen LogP contribution is -2.23. The molecule has 2 heterocycles. The summed E-state index contributed by atoms with van der Waals surface area (Å²) in [5.41, 5.74) is 8.77. The van der Waals surface area contributed by atoms with Crippen LogP contribution in [0.5, 0.6) is 5.75 Å². The topological polar surface area (TPSA) is 67.2 Å². The van der Waals surface area contributed by atoms with Crippen molar-refractivity contribution in [3.8, 4) is 5.75 Å². The number of hydrogen-bond donors (Lipinski definition) is 2. The molecule has 0 amide bonds. The number of nitrogens with two attached hydrogens (primary N) is 1. The molecule has 1 aliphatic heterocycles. The Morgan fingerprint density at radius 1 is 1.47 bits per heavy atom. The van der Waals surface area contributed by atoms with Crippen LogP contribution in [0.15, 0.2) is 30.6 Å². The molecule has 0 atom stereocenters. The quantitative estimate of drug-likeness (QED) is 0.824. The van der Waals surface area contributed by atoms with Crippen LogP contribution >= 0.6 is 0 Å². The number of benzene rings is 1. The van der Waals surface area contributed by atoms with Crippen molar-refractivity contribution >= 4 is 16.6 Å². The van der Waals surface area contributed by atoms with E-state index in [0.29, 0.717) is 18.0 Å². The van der Waals surface area contributed by atoms with Crippen molar-refractivity contribution in [2.24, 2.45) is 0 Å². The first kappa shape index (κ1) is 11.9. The van der Waals surface area contributed by atoms with Crippen LogP contribution in [-0.4, -0.2) is 34.8 Å². The highest BCUT2D eigenvalue weighted by Gasteiger charge is 2.14. The molecule has 0 saturated carbocycles. The first-order valence-corrected chi connectivity index (χ1v) is 6.52. The van der Waals surface area contributed by atoms with Gasteiger partial charge in [0.1, 0.15) is 12.4 Å². The molecule has 3 N–H and O–H groups in total. The second kappa shape index (κ2) is 4.84. The summed E-state index contributed by atoms with van der Waals surface area (Å²) < 4.78 is 5.77. The van der Waals surface area contributed by atoms with Crippen LogP contribution in [0, 0.1) is 0 Å². The number of nitrogens with zero attached hydrogens (tertiary/aromatic N) is 2. The number of H-pyrrole nitrogens is 1. The Kier molecular flexibility index (Phi) is 3.03. The molecule has 5 heteroatoms. The second-order valence-electron chi connectivity index (χ2n) is 4.85. The van der Waals surface area contributed by atoms with Crippen molar-refractivity contribution < 1.29 is 4.74 Å². The van der Waals surface area contributed by atoms with Gasteiger partial charge < -0.3 is 15.4 Å². The van der Waals surface area contributed by atoms with Gasteiger partial charge in [-0.15, -0.1) is 0 Å². The number of ether oxygens (including phenoxy) is 1. The Balaban J connectivity index is 1.64. The monoisotopic (exact) mass is 258 g/mol. The Morgan fingerprint density at radius 3 is 3.16 bits per heavy atom. The molecule has 2 aromatic rings. The molecule has 1 aromatic heterocycles. The van der Waals surface area contributed by atoms with Crippen LogP contribution < -0.4 is 10.5 Å². The Morgan fingerprint density at radius 2 is 2.37 bits per heavy atom. The normalized spacial score (nSPS) is 15.4. The van der Waals surface area contributed by atoms with Gasteiger partial charge in [0.05, 0.1) is 23.9 Å². The number of hydrogen-bond acceptors (Lipinski definition) is 4. The number of fused-ring (bicyclic) bond motifs is 1. The maximum absolute atomic E-state index is 5.97. The van der Waals surface area contributed by atoms with Crippen molar-refractivity contribution in [3.05, 3.63) is 30.6 Å². The molecule has 0 bridgehead atoms. The number of aromatic amines is 1. The maximum Gasteiger partial charge on any atom is 0.144 e. The summed E-state index contributed by atoms with van der Waals surface area (Å²) in [4.78, 5) is 2.27. The molecule has 1 fully saturated rings. The summed E-state index contributed by atoms with van der Waals surface area (Å²) in [7, 11) is 0. The average molecular weight is 258 g/mol. The Bertz CT molecular complexity index is 605. The summed E-state index contributed by atoms with van der Waals surface area (Å²) in [6.45, 7) is 6.60. The summed E-state index contributed by atoms with van der Waals surface area (Å²) in [5.74, 6) is 0.710. The van der Waals surface area contributed by atoms with E-state index in [9.17, 15) is 0 Å². The lowest BCUT2D eigenvalue weighted by atomic mass is 10.2. The van der Waals surface area contributed by atoms with E-state index in [-0.39, 0.29) is 0 Å². The van der Waals surface area contributed by atoms with Crippen molar-refractivity contribution in [1.29, 1.82) is 0 Å². The molecule has 100 valence electrons. The van der Waals surface area contributed by atoms with Crippen LogP contribution in [0.1, 0.15) is 12.8 Å². The molecule has 5 nitrogen and oxygen atoms in total. The van der Waals surface area contributed by atoms with E-state index in [1.807, 2.05) is 12.1 Å². The Labute approximate surface area is 112 Å². The highest BCUT2D eigenvalue weighted by molar-refractivity contribution is 5.84. The zero-order valence-electron chi connectivity index (χ0n) is 10.9. The summed E-state index contributed by atoms with van der Waals surface area (Å²) >= 11 is 0. The highest BCUT2D eigenvalue weighted by Crippen LogP contribution is 2.27. The SMILES string of the molecule is C=C1CCCN1CCOc1cc2[nH]ncc2cc1N. The fourth-order valence-electron chi connectivity index (χ4n) is 2.44. The van der Waals surface area contributed by atoms with Crippen molar-refractivity contribution in [2.75, 3.05) is 25.4 Å². The highest BCUT2D eigenvalue weighted by atomic mass is 16.5. The largest absolute Gasteiger partial charge is 0.490 e. The minimum Gasteiger partial charge on any atom is -0.490 e. The van der Waals surface area contributed by atoms with Gasteiger partial charge in [-0.25, -0.2) is 0 Å². The molecule has 1 saturated heterocycles. The average Bonchev–Trinajstić information content (AvgIpc) is 2.99. The summed E-state index contributed by atoms with van der Waals surface area (Å²) in [6, 6.07) is 3.78. The van der Waals surface area contributed by atoms with Gasteiger partial charge >= 0.3 is 0 Å². The zero-order valence-corrected chi connectivity index (χ0v) is 10.9. The van der Waals surface area contributed by atoms with E-state index in [1.165, 1.54) is 12.1 Å². The number of rotatable bonds is 4. The number of nitrogens with one attached hydrogen (secondary N) is 1. The molecule has 0 radical (unpaired) electrons. The van der Waals surface area contributed by atoms with Gasteiger partial charge in [-0.3, -0.25) is 5.10 Å². The molecule has 1 aliphatic rings. The minimum absolute atomic E-state index is 0.614. The predicted molar refractivity (Wildman–Crippen MR) is 75.9 cm³/mol. The number of allylic oxidation sites excluding steroid dienone is 1. The second-order valence-corrected chi connectivity index (χ2v) is 4.85. The first-order valence-electron chi connectivity index (χ1n) is 6.52. The maximum atomic E-state index is 5.97. The lowest BCUT2D eigenvalue weighted by molar-refractivity contribution is 0.259. The lowest BCUT2D eigenvalue weighted by Gasteiger charge is -2.19. The van der Waals surface area contributed by atoms with Crippen LogP contribution in [0.4, 0.5) is 5.69 Å². The zero-order chi connectivity index (χ0) is 13.2. The van der Waals surface area contributed by atoms with Gasteiger partial charge in [-0.1, -0.05) is 6.58 Å². The third kappa shape index (κ3) is 2.36. The standard InChI is InChI=1S/C14H18N4O/c1-10-3-2-4-18(10)5-6-19-14-8-13-11(7-12(14)15)9-16-17-13/h7-9H,1-6,15H2,(H,16,17). The van der Waals surface area contributed by atoms with Gasteiger partial charge in [0.15, 0.2) is 0 Å². The summed E-state index contributed by atoms with van der Waals surface area (Å²) in [5, 5.41) is 7.89. The van der Waals surface area contributed by atoms with E-state index in [4.69, 9.17) is 10.5 Å². The fraction of sp³-hybridized carbons (Fsp3) is 0.357. The van der Waals surface area contributed by atoms with Crippen LogP contribution in [0.25, 0.3) is 10.9 Å². The number of aromatic nitrogens is 2.